The molecule has 2 aliphatic carbocycles. The molecule has 2 bridgehead atoms. The number of amides is 1. The fourth-order valence-electron chi connectivity index (χ4n) is 8.69. The van der Waals surface area contributed by atoms with E-state index in [0.29, 0.717) is 58.1 Å². The van der Waals surface area contributed by atoms with E-state index in [0.717, 1.165) is 42.4 Å². The summed E-state index contributed by atoms with van der Waals surface area (Å²) in [7, 11) is 0. The molecule has 3 saturated heterocycles. The van der Waals surface area contributed by atoms with E-state index in [1.165, 1.54) is 18.3 Å². The molecule has 5 fully saturated rings. The van der Waals surface area contributed by atoms with Crippen LogP contribution in [0.25, 0.3) is 32.9 Å². The molecule has 51 heavy (non-hydrogen) atoms. The third-order valence-corrected chi connectivity index (χ3v) is 12.0. The summed E-state index contributed by atoms with van der Waals surface area (Å²) in [5.74, 6) is -0.319. The topological polar surface area (TPSA) is 96.1 Å². The number of hydrogen-bond acceptors (Lipinski definition) is 6. The number of aromatic nitrogens is 3. The van der Waals surface area contributed by atoms with Gasteiger partial charge in [-0.25, -0.2) is 18.7 Å². The molecule has 10 rings (SSSR count). The molecule has 5 atom stereocenters. The molecule has 0 unspecified atom stereocenters. The van der Waals surface area contributed by atoms with Crippen LogP contribution in [0.1, 0.15) is 61.1 Å². The number of rotatable bonds is 8. The Bertz CT molecular complexity index is 2290. The van der Waals surface area contributed by atoms with Crippen LogP contribution in [0.15, 0.2) is 48.7 Å². The molecule has 1 amide bonds. The monoisotopic (exact) mass is 726 g/mol. The third kappa shape index (κ3) is 5.35. The van der Waals surface area contributed by atoms with Gasteiger partial charge in [0.1, 0.15) is 17.4 Å². The largest absolute Gasteiger partial charge is 0.472 e. The Morgan fingerprint density at radius 2 is 1.98 bits per heavy atom. The lowest BCUT2D eigenvalue weighted by molar-refractivity contribution is -0.133. The molecule has 12 heteroatoms. The van der Waals surface area contributed by atoms with Gasteiger partial charge in [-0.2, -0.15) is 5.26 Å². The number of nitrogens with one attached hydrogen (secondary N) is 1. The van der Waals surface area contributed by atoms with Crippen LogP contribution in [-0.2, 0) is 11.2 Å². The van der Waals surface area contributed by atoms with Crippen molar-refractivity contribution in [3.63, 3.8) is 0 Å². The number of nitriles is 1. The second-order valence-electron chi connectivity index (χ2n) is 14.3. The van der Waals surface area contributed by atoms with Gasteiger partial charge in [-0.3, -0.25) is 4.79 Å². The number of carbonyl (C=O) groups is 1. The van der Waals surface area contributed by atoms with Crippen molar-refractivity contribution in [3.05, 3.63) is 87.3 Å². The lowest BCUT2D eigenvalue weighted by Crippen LogP contribution is -2.41. The highest BCUT2D eigenvalue weighted by Crippen LogP contribution is 2.51. The lowest BCUT2D eigenvalue weighted by Gasteiger charge is -2.39. The molecule has 0 spiro atoms. The van der Waals surface area contributed by atoms with Crippen molar-refractivity contribution in [1.82, 2.24) is 24.8 Å². The highest BCUT2D eigenvalue weighted by Gasteiger charge is 2.51. The van der Waals surface area contributed by atoms with Gasteiger partial charge in [0.25, 0.3) is 0 Å². The molecular formula is C39H34Cl2F2N6O2. The first-order valence-electron chi connectivity index (χ1n) is 17.5. The molecule has 5 aliphatic rings. The van der Waals surface area contributed by atoms with Crippen molar-refractivity contribution in [2.24, 2.45) is 11.8 Å². The number of carbonyl (C=O) groups excluding carboxylic acids is 1. The molecule has 3 aromatic heterocycles. The fourth-order valence-corrected chi connectivity index (χ4v) is 9.09. The molecule has 5 aromatic rings. The van der Waals surface area contributed by atoms with Crippen LogP contribution >= 0.6 is 23.2 Å². The van der Waals surface area contributed by atoms with Gasteiger partial charge in [-0.05, 0) is 68.4 Å². The third-order valence-electron chi connectivity index (χ3n) is 11.2. The Kier molecular flexibility index (Phi) is 7.95. The number of halogens is 4. The van der Waals surface area contributed by atoms with Crippen molar-refractivity contribution >= 4 is 50.9 Å². The van der Waals surface area contributed by atoms with Gasteiger partial charge < -0.3 is 19.5 Å². The van der Waals surface area contributed by atoms with Crippen LogP contribution in [0.2, 0.25) is 10.0 Å². The van der Waals surface area contributed by atoms with Gasteiger partial charge in [-0.15, -0.1) is 0 Å². The van der Waals surface area contributed by atoms with E-state index in [2.05, 4.69) is 27.0 Å². The minimum absolute atomic E-state index is 0.0179. The molecule has 3 aliphatic heterocycles. The van der Waals surface area contributed by atoms with E-state index in [9.17, 15) is 14.4 Å². The first kappa shape index (κ1) is 32.6. The van der Waals surface area contributed by atoms with Gasteiger partial charge in [0, 0.05) is 76.9 Å². The average molecular weight is 728 g/mol. The Balaban J connectivity index is 1.26. The van der Waals surface area contributed by atoms with E-state index < -0.39 is 17.7 Å². The predicted molar refractivity (Wildman–Crippen MR) is 191 cm³/mol. The molecule has 2 saturated carbocycles. The van der Waals surface area contributed by atoms with Crippen LogP contribution in [0.4, 0.5) is 8.78 Å². The number of aryl methyl sites for hydroxylation is 2. The number of nitrogens with zero attached hydrogens (tertiary/aromatic N) is 5. The number of likely N-dealkylation sites (tertiary alicyclic amines) is 1. The zero-order valence-electron chi connectivity index (χ0n) is 27.8. The molecular weight excluding hydrogens is 693 g/mol. The molecule has 0 radical (unpaired) electrons. The van der Waals surface area contributed by atoms with Crippen LogP contribution in [0.3, 0.4) is 0 Å². The van der Waals surface area contributed by atoms with Crippen molar-refractivity contribution in [1.29, 1.82) is 5.26 Å². The minimum Gasteiger partial charge on any atom is -0.472 e. The quantitative estimate of drug-likeness (QED) is 0.173. The maximum absolute atomic E-state index is 17.1. The maximum Gasteiger partial charge on any atom is 0.226 e. The second kappa shape index (κ2) is 12.4. The molecule has 1 N–H and O–H groups in total. The standard InChI is InChI=1S/C39H34Cl2F2N6O2/c1-19-26-16-31(30-15-24(18-48(30)39(50)20-7-8-20)51-32-14-23(42)9-11-45-32)49(37-22-13-29(37)46-17-22)38(26)27-12-21(4-3-10-44)33(35(43)36(27)47-19)25-5-2-6-28(40)34(25)41/h2,5-6,9,11-12,14,16,20,22,24,29-30,37,46H,3-4,7-8,13,15,17-18H2,1H3/t22-,24+,29-,30-,37+/m1/s1. The summed E-state index contributed by atoms with van der Waals surface area (Å²) in [6.07, 6.45) is 4.71. The highest BCUT2D eigenvalue weighted by atomic mass is 35.5. The zero-order chi connectivity index (χ0) is 35.1. The van der Waals surface area contributed by atoms with Crippen LogP contribution in [0.5, 0.6) is 5.88 Å². The van der Waals surface area contributed by atoms with E-state index in [4.69, 9.17) is 32.9 Å². The van der Waals surface area contributed by atoms with Gasteiger partial charge in [0.05, 0.1) is 40.3 Å². The van der Waals surface area contributed by atoms with Gasteiger partial charge in [0.2, 0.25) is 11.8 Å². The van der Waals surface area contributed by atoms with Crippen molar-refractivity contribution < 1.29 is 18.3 Å². The van der Waals surface area contributed by atoms with E-state index in [1.54, 1.807) is 18.2 Å². The van der Waals surface area contributed by atoms with E-state index in [1.807, 2.05) is 17.9 Å². The normalized spacial score (nSPS) is 23.9. The summed E-state index contributed by atoms with van der Waals surface area (Å²) in [4.78, 5) is 24.9. The first-order valence-corrected chi connectivity index (χ1v) is 18.3. The second-order valence-corrected chi connectivity index (χ2v) is 15.1. The van der Waals surface area contributed by atoms with Crippen molar-refractivity contribution in [3.8, 4) is 23.1 Å². The Morgan fingerprint density at radius 1 is 1.14 bits per heavy atom. The maximum atomic E-state index is 17.1. The SMILES string of the molecule is Cc1nc2c(F)c(-c3cccc(Cl)c3Cl)c(CCC#N)cc2c2c1cc([C@H]1C[C@H](Oc3cc(F)ccn3)CN1C(=O)C1CC1)n2[C@H]1[C@H]2CN[C@@H]1C2. The number of fused-ring (bicyclic) bond motifs is 4. The lowest BCUT2D eigenvalue weighted by atomic mass is 9.79. The first-order chi connectivity index (χ1) is 24.7. The van der Waals surface area contributed by atoms with E-state index >= 15 is 4.39 Å². The molecule has 2 aromatic carbocycles. The number of pyridine rings is 2. The summed E-state index contributed by atoms with van der Waals surface area (Å²) < 4.78 is 39.8. The van der Waals surface area contributed by atoms with Gasteiger partial charge in [-0.1, -0.05) is 35.3 Å². The van der Waals surface area contributed by atoms with Gasteiger partial charge in [0.15, 0.2) is 5.82 Å². The van der Waals surface area contributed by atoms with Gasteiger partial charge >= 0.3 is 0 Å². The molecule has 8 nitrogen and oxygen atoms in total. The predicted octanol–water partition coefficient (Wildman–Crippen LogP) is 8.26. The van der Waals surface area contributed by atoms with Crippen LogP contribution in [0, 0.1) is 41.7 Å². The fraction of sp³-hybridized carbons (Fsp3) is 0.385. The summed E-state index contributed by atoms with van der Waals surface area (Å²) in [5.41, 5.74) is 4.09. The molecule has 260 valence electrons. The number of hydrogen-bond donors (Lipinski definition) is 1. The average Bonchev–Trinajstić information content (AvgIpc) is 3.39. The summed E-state index contributed by atoms with van der Waals surface area (Å²) in [5, 5.41) is 15.3. The van der Waals surface area contributed by atoms with Crippen LogP contribution in [-0.4, -0.2) is 50.6 Å². The smallest absolute Gasteiger partial charge is 0.226 e. The highest BCUT2D eigenvalue weighted by molar-refractivity contribution is 6.43. The minimum atomic E-state index is -0.513. The van der Waals surface area contributed by atoms with Crippen molar-refractivity contribution in [2.45, 2.75) is 69.7 Å². The van der Waals surface area contributed by atoms with E-state index in [-0.39, 0.29) is 52.8 Å². The summed E-state index contributed by atoms with van der Waals surface area (Å²) in [6.45, 7) is 3.12. The number of ether oxygens (including phenoxy) is 1. The Hall–Kier alpha value is -4.30. The Labute approximate surface area is 303 Å². The zero-order valence-corrected chi connectivity index (χ0v) is 29.3. The summed E-state index contributed by atoms with van der Waals surface area (Å²) in [6, 6.07) is 14.0. The number of benzene rings is 2. The summed E-state index contributed by atoms with van der Waals surface area (Å²) >= 11 is 13.1. The van der Waals surface area contributed by atoms with Crippen LogP contribution < -0.4 is 10.1 Å². The van der Waals surface area contributed by atoms with Crippen molar-refractivity contribution in [2.75, 3.05) is 13.1 Å². The molecule has 6 heterocycles. The Morgan fingerprint density at radius 3 is 2.71 bits per heavy atom.